The molecule has 0 radical (unpaired) electrons. The van der Waals surface area contributed by atoms with Gasteiger partial charge in [0.1, 0.15) is 0 Å². The number of alkyl halides is 3. The highest BCUT2D eigenvalue weighted by Gasteiger charge is 2.31. The Hall–Kier alpha value is -2.59. The van der Waals surface area contributed by atoms with Crippen LogP contribution in [0.2, 0.25) is 0 Å². The quantitative estimate of drug-likeness (QED) is 0.264. The maximum atomic E-state index is 13.3. The van der Waals surface area contributed by atoms with Gasteiger partial charge in [-0.1, -0.05) is 54.6 Å². The number of para-hydroxylation sites is 1. The van der Waals surface area contributed by atoms with Gasteiger partial charge in [0.25, 0.3) is 0 Å². The summed E-state index contributed by atoms with van der Waals surface area (Å²) in [7, 11) is 0. The zero-order valence-corrected chi connectivity index (χ0v) is 18.2. The number of hydrogen-bond acceptors (Lipinski definition) is 5. The maximum Gasteiger partial charge on any atom is 0.416 e. The fourth-order valence-corrected chi connectivity index (χ4v) is 5.13. The molecule has 0 bridgehead atoms. The minimum atomic E-state index is -4.46. The molecule has 0 N–H and O–H groups in total. The Morgan fingerprint density at radius 3 is 2.68 bits per heavy atom. The van der Waals surface area contributed by atoms with E-state index < -0.39 is 11.7 Å². The fourth-order valence-electron chi connectivity index (χ4n) is 3.19. The number of unbranched alkanes of at least 4 members (excludes halogenated alkanes) is 1. The summed E-state index contributed by atoms with van der Waals surface area (Å²) in [5.41, 5.74) is 0.338. The number of hydrogen-bond donors (Lipinski definition) is 0. The summed E-state index contributed by atoms with van der Waals surface area (Å²) >= 11 is 2.57. The van der Waals surface area contributed by atoms with Crippen LogP contribution >= 0.6 is 23.1 Å². The Bertz CT molecular complexity index is 1260. The molecule has 0 aliphatic rings. The number of thiazole rings is 1. The summed E-state index contributed by atoms with van der Waals surface area (Å²) < 4.78 is 43.9. The number of thioether (sulfide) groups is 1. The average molecular weight is 465 g/mol. The predicted molar refractivity (Wildman–Crippen MR) is 117 cm³/mol. The zero-order valence-electron chi connectivity index (χ0n) is 16.6. The molecule has 0 aliphatic carbocycles. The van der Waals surface area contributed by atoms with E-state index in [1.54, 1.807) is 15.2 Å². The molecule has 0 saturated heterocycles. The maximum absolute atomic E-state index is 13.3. The van der Waals surface area contributed by atoms with Crippen LogP contribution in [-0.4, -0.2) is 25.1 Å². The highest BCUT2D eigenvalue weighted by atomic mass is 32.2. The molecule has 0 spiro atoms. The van der Waals surface area contributed by atoms with E-state index in [2.05, 4.69) is 17.1 Å². The highest BCUT2D eigenvalue weighted by molar-refractivity contribution is 7.99. The molecule has 2 aromatic heterocycles. The molecule has 0 atom stereocenters. The van der Waals surface area contributed by atoms with Gasteiger partial charge >= 0.3 is 11.0 Å². The van der Waals surface area contributed by atoms with E-state index in [1.165, 1.54) is 17.8 Å². The lowest BCUT2D eigenvalue weighted by Crippen LogP contribution is -2.17. The third-order valence-corrected chi connectivity index (χ3v) is 6.71. The van der Waals surface area contributed by atoms with Gasteiger partial charge in [-0.25, -0.2) is 0 Å². The van der Waals surface area contributed by atoms with Gasteiger partial charge < -0.3 is 0 Å². The van der Waals surface area contributed by atoms with Crippen molar-refractivity contribution in [2.75, 3.05) is 5.75 Å². The lowest BCUT2D eigenvalue weighted by Gasteiger charge is -2.13. The second kappa shape index (κ2) is 8.88. The largest absolute Gasteiger partial charge is 0.416 e. The highest BCUT2D eigenvalue weighted by Crippen LogP contribution is 2.32. The van der Waals surface area contributed by atoms with Crippen molar-refractivity contribution in [1.82, 2.24) is 19.3 Å². The number of nitrogens with zero attached hydrogens (tertiary/aromatic N) is 4. The summed E-state index contributed by atoms with van der Waals surface area (Å²) in [6.45, 7) is 2.18. The number of fused-ring (bicyclic) bond motifs is 1. The molecule has 0 fully saturated rings. The summed E-state index contributed by atoms with van der Waals surface area (Å²) in [6, 6.07) is 12.5. The van der Waals surface area contributed by atoms with Crippen molar-refractivity contribution >= 4 is 33.3 Å². The van der Waals surface area contributed by atoms with Gasteiger partial charge in [0.15, 0.2) is 11.0 Å². The number of aromatic nitrogens is 4. The Labute approximate surface area is 184 Å². The van der Waals surface area contributed by atoms with E-state index in [9.17, 15) is 18.0 Å². The molecule has 0 aliphatic heterocycles. The van der Waals surface area contributed by atoms with E-state index in [1.807, 2.05) is 24.3 Å². The second-order valence-electron chi connectivity index (χ2n) is 6.91. The molecule has 31 heavy (non-hydrogen) atoms. The number of benzene rings is 2. The van der Waals surface area contributed by atoms with Crippen molar-refractivity contribution < 1.29 is 13.2 Å². The third kappa shape index (κ3) is 4.54. The molecular weight excluding hydrogens is 445 g/mol. The first kappa shape index (κ1) is 21.6. The lowest BCUT2D eigenvalue weighted by molar-refractivity contribution is -0.137. The first-order chi connectivity index (χ1) is 14.9. The zero-order chi connectivity index (χ0) is 22.0. The SMILES string of the molecule is CCCCSc1nnc(Cn2c(=O)sc3ccccc32)n1-c1cccc(C(F)(F)F)c1. The molecule has 162 valence electrons. The molecule has 0 unspecified atom stereocenters. The molecule has 2 heterocycles. The topological polar surface area (TPSA) is 52.7 Å². The van der Waals surface area contributed by atoms with Gasteiger partial charge in [0.2, 0.25) is 0 Å². The smallest absolute Gasteiger partial charge is 0.291 e. The number of rotatable bonds is 7. The van der Waals surface area contributed by atoms with Crippen LogP contribution < -0.4 is 4.87 Å². The first-order valence-corrected chi connectivity index (χ1v) is 11.5. The molecule has 4 rings (SSSR count). The van der Waals surface area contributed by atoms with Crippen molar-refractivity contribution in [2.24, 2.45) is 0 Å². The van der Waals surface area contributed by atoms with Crippen LogP contribution in [0.25, 0.3) is 15.9 Å². The Balaban J connectivity index is 1.80. The van der Waals surface area contributed by atoms with Crippen LogP contribution in [0.15, 0.2) is 58.5 Å². The van der Waals surface area contributed by atoms with Gasteiger partial charge in [-0.05, 0) is 36.8 Å². The molecule has 2 aromatic carbocycles. The van der Waals surface area contributed by atoms with Crippen molar-refractivity contribution in [2.45, 2.75) is 37.6 Å². The normalized spacial score (nSPS) is 12.0. The minimum Gasteiger partial charge on any atom is -0.291 e. The molecule has 0 saturated carbocycles. The van der Waals surface area contributed by atoms with E-state index in [-0.39, 0.29) is 11.4 Å². The monoisotopic (exact) mass is 464 g/mol. The van der Waals surface area contributed by atoms with E-state index in [4.69, 9.17) is 0 Å². The van der Waals surface area contributed by atoms with Crippen LogP contribution in [0.1, 0.15) is 31.2 Å². The third-order valence-electron chi connectivity index (χ3n) is 4.73. The lowest BCUT2D eigenvalue weighted by atomic mass is 10.2. The van der Waals surface area contributed by atoms with Gasteiger partial charge in [-0.2, -0.15) is 13.2 Å². The molecule has 4 aromatic rings. The van der Waals surface area contributed by atoms with E-state index in [0.29, 0.717) is 16.7 Å². The van der Waals surface area contributed by atoms with Crippen molar-refractivity contribution in [3.05, 3.63) is 69.6 Å². The van der Waals surface area contributed by atoms with Crippen LogP contribution in [0.5, 0.6) is 0 Å². The predicted octanol–water partition coefficient (Wildman–Crippen LogP) is 5.60. The van der Waals surface area contributed by atoms with E-state index in [0.717, 1.165) is 52.3 Å². The van der Waals surface area contributed by atoms with Gasteiger partial charge in [-0.15, -0.1) is 10.2 Å². The Kier molecular flexibility index (Phi) is 6.19. The molecular formula is C21H19F3N4OS2. The molecule has 0 amide bonds. The summed E-state index contributed by atoms with van der Waals surface area (Å²) in [4.78, 5) is 12.4. The van der Waals surface area contributed by atoms with E-state index >= 15 is 0 Å². The summed E-state index contributed by atoms with van der Waals surface area (Å²) in [6.07, 6.45) is -2.52. The van der Waals surface area contributed by atoms with Crippen LogP contribution in [-0.2, 0) is 12.7 Å². The van der Waals surface area contributed by atoms with Gasteiger partial charge in [0.05, 0.1) is 28.0 Å². The average Bonchev–Trinajstić information content (AvgIpc) is 3.29. The van der Waals surface area contributed by atoms with Crippen LogP contribution in [0, 0.1) is 0 Å². The van der Waals surface area contributed by atoms with Gasteiger partial charge in [0, 0.05) is 5.75 Å². The standard InChI is InChI=1S/C21H19F3N4OS2/c1-2-3-11-30-19-26-25-18(13-27-16-9-4-5-10-17(16)31-20(27)29)28(19)15-8-6-7-14(12-15)21(22,23)24/h4-10,12H,2-3,11,13H2,1H3. The summed E-state index contributed by atoms with van der Waals surface area (Å²) in [5.74, 6) is 1.18. The first-order valence-electron chi connectivity index (χ1n) is 9.71. The Morgan fingerprint density at radius 2 is 1.90 bits per heavy atom. The number of halogens is 3. The van der Waals surface area contributed by atoms with Gasteiger partial charge in [-0.3, -0.25) is 13.9 Å². The summed E-state index contributed by atoms with van der Waals surface area (Å²) in [5, 5.41) is 8.98. The molecule has 5 nitrogen and oxygen atoms in total. The second-order valence-corrected chi connectivity index (χ2v) is 8.96. The Morgan fingerprint density at radius 1 is 1.10 bits per heavy atom. The fraction of sp³-hybridized carbons (Fsp3) is 0.286. The minimum absolute atomic E-state index is 0.112. The van der Waals surface area contributed by atoms with Crippen LogP contribution in [0.4, 0.5) is 13.2 Å². The van der Waals surface area contributed by atoms with Crippen molar-refractivity contribution in [1.29, 1.82) is 0 Å². The van der Waals surface area contributed by atoms with Crippen LogP contribution in [0.3, 0.4) is 0 Å². The molecule has 10 heteroatoms. The van der Waals surface area contributed by atoms with Crippen molar-refractivity contribution in [3.8, 4) is 5.69 Å². The van der Waals surface area contributed by atoms with Crippen molar-refractivity contribution in [3.63, 3.8) is 0 Å².